The summed E-state index contributed by atoms with van der Waals surface area (Å²) in [5.41, 5.74) is 2.50. The Morgan fingerprint density at radius 2 is 1.81 bits per heavy atom. The normalized spacial score (nSPS) is 26.2. The van der Waals surface area contributed by atoms with Gasteiger partial charge in [-0.2, -0.15) is 0 Å². The van der Waals surface area contributed by atoms with Crippen LogP contribution in [0, 0.1) is 6.92 Å². The highest BCUT2D eigenvalue weighted by molar-refractivity contribution is 5.84. The van der Waals surface area contributed by atoms with Crippen molar-refractivity contribution in [2.45, 2.75) is 19.0 Å². The van der Waals surface area contributed by atoms with E-state index in [0.717, 1.165) is 0 Å². The monoisotopic (exact) mass is 210 g/mol. The molecule has 0 saturated heterocycles. The molecule has 2 atom stereocenters. The second kappa shape index (κ2) is 3.63. The summed E-state index contributed by atoms with van der Waals surface area (Å²) in [6.45, 7) is 2.11. The van der Waals surface area contributed by atoms with Gasteiger partial charge in [0, 0.05) is 5.69 Å². The van der Waals surface area contributed by atoms with Gasteiger partial charge in [0.25, 0.3) is 0 Å². The van der Waals surface area contributed by atoms with E-state index in [2.05, 4.69) is 65.4 Å². The third-order valence-corrected chi connectivity index (χ3v) is 3.09. The molecule has 2 nitrogen and oxygen atoms in total. The van der Waals surface area contributed by atoms with E-state index in [4.69, 9.17) is 0 Å². The Kier molecular flexibility index (Phi) is 2.13. The summed E-state index contributed by atoms with van der Waals surface area (Å²) >= 11 is 0. The molecule has 0 amide bonds. The summed E-state index contributed by atoms with van der Waals surface area (Å²) < 4.78 is 0. The van der Waals surface area contributed by atoms with Crippen LogP contribution in [0.15, 0.2) is 53.6 Å². The molecular weight excluding hydrogens is 196 g/mol. The molecule has 0 spiro atoms. The molecule has 1 aliphatic heterocycles. The number of benzene rings is 1. The molecule has 2 heteroatoms. The Hall–Kier alpha value is -1.83. The summed E-state index contributed by atoms with van der Waals surface area (Å²) in [6.07, 6.45) is 10.5. The van der Waals surface area contributed by atoms with E-state index in [1.165, 1.54) is 11.3 Å². The number of nitrogens with zero attached hydrogens (tertiary/aromatic N) is 2. The van der Waals surface area contributed by atoms with Crippen molar-refractivity contribution in [3.05, 3.63) is 54.1 Å². The summed E-state index contributed by atoms with van der Waals surface area (Å²) in [7, 11) is 0. The highest BCUT2D eigenvalue weighted by atomic mass is 15.2. The number of hydrogen-bond donors (Lipinski definition) is 0. The van der Waals surface area contributed by atoms with Gasteiger partial charge in [-0.3, -0.25) is 4.99 Å². The number of aryl methyl sites for hydroxylation is 1. The third-order valence-electron chi connectivity index (χ3n) is 3.09. The Labute approximate surface area is 95.6 Å². The zero-order valence-corrected chi connectivity index (χ0v) is 9.25. The van der Waals surface area contributed by atoms with Crippen LogP contribution in [0.25, 0.3) is 0 Å². The van der Waals surface area contributed by atoms with Gasteiger partial charge in [0.15, 0.2) is 0 Å². The molecule has 1 aliphatic carbocycles. The van der Waals surface area contributed by atoms with Crippen molar-refractivity contribution in [2.24, 2.45) is 4.99 Å². The zero-order chi connectivity index (χ0) is 11.0. The van der Waals surface area contributed by atoms with Crippen molar-refractivity contribution in [1.29, 1.82) is 0 Å². The number of hydrogen-bond acceptors (Lipinski definition) is 2. The highest BCUT2D eigenvalue weighted by Gasteiger charge is 2.28. The molecule has 80 valence electrons. The van der Waals surface area contributed by atoms with E-state index in [-0.39, 0.29) is 6.04 Å². The fourth-order valence-electron chi connectivity index (χ4n) is 2.16. The first-order valence-electron chi connectivity index (χ1n) is 5.58. The van der Waals surface area contributed by atoms with Gasteiger partial charge in [0.05, 0.1) is 18.4 Å². The fourth-order valence-corrected chi connectivity index (χ4v) is 2.16. The van der Waals surface area contributed by atoms with Gasteiger partial charge < -0.3 is 4.90 Å². The lowest BCUT2D eigenvalue weighted by Gasteiger charge is -2.25. The maximum atomic E-state index is 4.50. The van der Waals surface area contributed by atoms with Gasteiger partial charge in [-0.15, -0.1) is 0 Å². The van der Waals surface area contributed by atoms with Crippen molar-refractivity contribution in [3.8, 4) is 0 Å². The average Bonchev–Trinajstić information content (AvgIpc) is 2.74. The SMILES string of the molecule is Cc1ccc(N2C=NC3C=CC=CC32)cc1. The molecule has 0 aromatic heterocycles. The van der Waals surface area contributed by atoms with E-state index in [1.54, 1.807) is 0 Å². The largest absolute Gasteiger partial charge is 0.323 e. The Morgan fingerprint density at radius 3 is 2.62 bits per heavy atom. The summed E-state index contributed by atoms with van der Waals surface area (Å²) in [6, 6.07) is 9.21. The minimum absolute atomic E-state index is 0.284. The van der Waals surface area contributed by atoms with Crippen molar-refractivity contribution >= 4 is 12.0 Å². The highest BCUT2D eigenvalue weighted by Crippen LogP contribution is 2.26. The topological polar surface area (TPSA) is 15.6 Å². The van der Waals surface area contributed by atoms with Crippen LogP contribution in [0.3, 0.4) is 0 Å². The van der Waals surface area contributed by atoms with Crippen LogP contribution in [0.2, 0.25) is 0 Å². The maximum Gasteiger partial charge on any atom is 0.0943 e. The van der Waals surface area contributed by atoms with Crippen molar-refractivity contribution in [2.75, 3.05) is 4.90 Å². The first-order chi connectivity index (χ1) is 7.84. The third kappa shape index (κ3) is 1.47. The van der Waals surface area contributed by atoms with E-state index < -0.39 is 0 Å². The molecule has 3 rings (SSSR count). The number of allylic oxidation sites excluding steroid dienone is 2. The predicted molar refractivity (Wildman–Crippen MR) is 68.0 cm³/mol. The molecule has 0 fully saturated rings. The molecular formula is C14H14N2. The second-order valence-electron chi connectivity index (χ2n) is 4.26. The lowest BCUT2D eigenvalue weighted by atomic mass is 10.0. The molecule has 0 radical (unpaired) electrons. The Bertz CT molecular complexity index is 468. The van der Waals surface area contributed by atoms with E-state index in [9.17, 15) is 0 Å². The van der Waals surface area contributed by atoms with E-state index in [0.29, 0.717) is 6.04 Å². The fraction of sp³-hybridized carbons (Fsp3) is 0.214. The number of fused-ring (bicyclic) bond motifs is 1. The minimum atomic E-state index is 0.284. The van der Waals surface area contributed by atoms with Gasteiger partial charge in [-0.25, -0.2) is 0 Å². The van der Waals surface area contributed by atoms with Gasteiger partial charge in [-0.1, -0.05) is 42.0 Å². The van der Waals surface area contributed by atoms with Crippen LogP contribution in [0.5, 0.6) is 0 Å². The maximum absolute atomic E-state index is 4.50. The van der Waals surface area contributed by atoms with Crippen LogP contribution in [0.1, 0.15) is 5.56 Å². The number of anilines is 1. The Balaban J connectivity index is 1.91. The van der Waals surface area contributed by atoms with Crippen molar-refractivity contribution < 1.29 is 0 Å². The molecule has 2 aliphatic rings. The summed E-state index contributed by atoms with van der Waals surface area (Å²) in [5.74, 6) is 0. The second-order valence-corrected chi connectivity index (χ2v) is 4.26. The van der Waals surface area contributed by atoms with Crippen molar-refractivity contribution in [1.82, 2.24) is 0 Å². The van der Waals surface area contributed by atoms with Gasteiger partial charge >= 0.3 is 0 Å². The molecule has 1 aromatic rings. The predicted octanol–water partition coefficient (Wildman–Crippen LogP) is 2.71. The lowest BCUT2D eigenvalue weighted by Crippen LogP contribution is -2.34. The van der Waals surface area contributed by atoms with Crippen molar-refractivity contribution in [3.63, 3.8) is 0 Å². The van der Waals surface area contributed by atoms with Gasteiger partial charge in [-0.05, 0) is 19.1 Å². The zero-order valence-electron chi connectivity index (χ0n) is 9.25. The first-order valence-corrected chi connectivity index (χ1v) is 5.58. The smallest absolute Gasteiger partial charge is 0.0943 e. The van der Waals surface area contributed by atoms with Crippen LogP contribution in [-0.4, -0.2) is 18.4 Å². The van der Waals surface area contributed by atoms with Crippen LogP contribution in [-0.2, 0) is 0 Å². The molecule has 0 N–H and O–H groups in total. The lowest BCUT2D eigenvalue weighted by molar-refractivity contribution is 0.740. The van der Waals surface area contributed by atoms with Gasteiger partial charge in [0.2, 0.25) is 0 Å². The molecule has 16 heavy (non-hydrogen) atoms. The van der Waals surface area contributed by atoms with Crippen LogP contribution in [0.4, 0.5) is 5.69 Å². The Morgan fingerprint density at radius 1 is 1.06 bits per heavy atom. The standard InChI is InChI=1S/C14H14N2/c1-11-6-8-12(9-7-11)16-10-15-13-4-2-3-5-14(13)16/h2-10,13-14H,1H3. The molecule has 0 saturated carbocycles. The number of aliphatic imine (C=N–C) groups is 1. The minimum Gasteiger partial charge on any atom is -0.323 e. The molecule has 2 unspecified atom stereocenters. The molecule has 1 heterocycles. The van der Waals surface area contributed by atoms with Crippen LogP contribution >= 0.6 is 0 Å². The van der Waals surface area contributed by atoms with E-state index in [1.807, 2.05) is 6.34 Å². The average molecular weight is 210 g/mol. The first kappa shape index (κ1) is 9.40. The van der Waals surface area contributed by atoms with Gasteiger partial charge in [0.1, 0.15) is 0 Å². The van der Waals surface area contributed by atoms with Crippen LogP contribution < -0.4 is 4.90 Å². The molecule has 0 bridgehead atoms. The summed E-state index contributed by atoms with van der Waals surface area (Å²) in [4.78, 5) is 6.73. The molecule has 1 aromatic carbocycles. The number of rotatable bonds is 1. The quantitative estimate of drug-likeness (QED) is 0.696. The van der Waals surface area contributed by atoms with E-state index >= 15 is 0 Å². The summed E-state index contributed by atoms with van der Waals surface area (Å²) in [5, 5.41) is 0.